The normalized spacial score (nSPS) is 16.3. The Labute approximate surface area is 197 Å². The number of methoxy groups -OCH3 is 1. The van der Waals surface area contributed by atoms with E-state index in [1.165, 1.54) is 29.4 Å². The number of nitrogens with two attached hydrogens (primary N) is 1. The predicted molar refractivity (Wildman–Crippen MR) is 129 cm³/mol. The van der Waals surface area contributed by atoms with Gasteiger partial charge in [-0.15, -0.1) is 0 Å². The third-order valence-corrected chi connectivity index (χ3v) is 6.27. The van der Waals surface area contributed by atoms with Crippen molar-refractivity contribution in [2.75, 3.05) is 7.11 Å². The van der Waals surface area contributed by atoms with Gasteiger partial charge in [0.05, 0.1) is 7.11 Å². The summed E-state index contributed by atoms with van der Waals surface area (Å²) in [6.45, 7) is 0.344. The van der Waals surface area contributed by atoms with E-state index in [2.05, 4.69) is 29.6 Å². The maximum absolute atomic E-state index is 13.3. The Morgan fingerprint density at radius 3 is 2.68 bits per heavy atom. The van der Waals surface area contributed by atoms with Gasteiger partial charge < -0.3 is 20.7 Å². The number of nitrogen functional groups attached to an aromatic ring is 1. The first-order chi connectivity index (χ1) is 16.4. The lowest BCUT2D eigenvalue weighted by molar-refractivity contribution is -0.139. The summed E-state index contributed by atoms with van der Waals surface area (Å²) in [5.41, 5.74) is 12.9. The Morgan fingerprint density at radius 1 is 1.09 bits per heavy atom. The van der Waals surface area contributed by atoms with Crippen LogP contribution in [0.1, 0.15) is 33.9 Å². The van der Waals surface area contributed by atoms with Crippen molar-refractivity contribution in [1.82, 2.24) is 10.2 Å². The molecule has 5 rings (SSSR count). The second-order valence-electron chi connectivity index (χ2n) is 8.46. The van der Waals surface area contributed by atoms with E-state index in [0.717, 1.165) is 17.5 Å². The number of carbonyl (C=O) groups is 2. The molecular formula is C27H24N4O3. The Kier molecular flexibility index (Phi) is 5.37. The van der Waals surface area contributed by atoms with Crippen molar-refractivity contribution in [3.63, 3.8) is 0 Å². The summed E-state index contributed by atoms with van der Waals surface area (Å²) >= 11 is 0. The third-order valence-electron chi connectivity index (χ3n) is 6.27. The highest BCUT2D eigenvalue weighted by atomic mass is 16.5. The summed E-state index contributed by atoms with van der Waals surface area (Å²) in [5, 5.41) is 10.4. The van der Waals surface area contributed by atoms with Crippen LogP contribution < -0.4 is 11.1 Å². The fourth-order valence-electron chi connectivity index (χ4n) is 4.70. The lowest BCUT2D eigenvalue weighted by Gasteiger charge is -2.34. The van der Waals surface area contributed by atoms with E-state index in [-0.39, 0.29) is 17.4 Å². The third kappa shape index (κ3) is 3.81. The highest BCUT2D eigenvalue weighted by Gasteiger charge is 2.34. The number of benzene rings is 3. The molecule has 1 amide bonds. The van der Waals surface area contributed by atoms with Crippen LogP contribution in [0, 0.1) is 5.41 Å². The molecule has 3 aromatic carbocycles. The molecule has 1 heterocycles. The fraction of sp³-hybridized carbons (Fsp3) is 0.148. The maximum atomic E-state index is 13.3. The van der Waals surface area contributed by atoms with Crippen LogP contribution >= 0.6 is 0 Å². The van der Waals surface area contributed by atoms with Crippen LogP contribution in [-0.4, -0.2) is 29.7 Å². The van der Waals surface area contributed by atoms with Crippen molar-refractivity contribution >= 4 is 17.7 Å². The molecule has 0 bridgehead atoms. The number of hydrogen-bond donors (Lipinski definition) is 3. The number of carbonyl (C=O) groups excluding carboxylic acids is 2. The zero-order valence-electron chi connectivity index (χ0n) is 18.7. The summed E-state index contributed by atoms with van der Waals surface area (Å²) in [5.74, 6) is -0.946. The van der Waals surface area contributed by atoms with Crippen molar-refractivity contribution in [1.29, 1.82) is 5.41 Å². The van der Waals surface area contributed by atoms with Gasteiger partial charge in [-0.25, -0.2) is 4.79 Å². The number of amides is 1. The molecule has 4 N–H and O–H groups in total. The zero-order chi connectivity index (χ0) is 23.8. The number of nitrogens with zero attached hydrogens (tertiary/aromatic N) is 1. The number of ether oxygens (including phenoxy) is 1. The van der Waals surface area contributed by atoms with Gasteiger partial charge in [-0.1, -0.05) is 60.7 Å². The minimum Gasteiger partial charge on any atom is -0.464 e. The monoisotopic (exact) mass is 452 g/mol. The van der Waals surface area contributed by atoms with Gasteiger partial charge in [-0.2, -0.15) is 0 Å². The van der Waals surface area contributed by atoms with Crippen LogP contribution in [0.25, 0.3) is 11.1 Å². The molecule has 170 valence electrons. The number of nitrogens with one attached hydrogen (secondary N) is 2. The molecule has 0 fully saturated rings. The number of esters is 1. The standard InChI is InChI=1S/C27H24N4O3/c1-34-27(33)23-15-31(14-16-5-4-7-19(11-16)25(28)29)24(26(32)30-23)18-9-10-22-20(13-18)12-17-6-2-3-8-21(17)22/h2-11,13,15,24H,12,14H2,1H3,(H3,28,29)(H,30,32). The second kappa shape index (κ2) is 8.51. The van der Waals surface area contributed by atoms with E-state index in [1.807, 2.05) is 41.3 Å². The molecule has 1 atom stereocenters. The summed E-state index contributed by atoms with van der Waals surface area (Å²) in [7, 11) is 1.28. The Balaban J connectivity index is 1.53. The molecule has 1 aliphatic carbocycles. The zero-order valence-corrected chi connectivity index (χ0v) is 18.7. The average molecular weight is 453 g/mol. The molecular weight excluding hydrogens is 428 g/mol. The van der Waals surface area contributed by atoms with E-state index >= 15 is 0 Å². The summed E-state index contributed by atoms with van der Waals surface area (Å²) < 4.78 is 4.83. The first-order valence-corrected chi connectivity index (χ1v) is 11.0. The van der Waals surface area contributed by atoms with Crippen LogP contribution in [0.3, 0.4) is 0 Å². The summed E-state index contributed by atoms with van der Waals surface area (Å²) in [6.07, 6.45) is 2.44. The van der Waals surface area contributed by atoms with Gasteiger partial charge in [0.15, 0.2) is 0 Å². The predicted octanol–water partition coefficient (Wildman–Crippen LogP) is 3.23. The lowest BCUT2D eigenvalue weighted by Crippen LogP contribution is -2.44. The quantitative estimate of drug-likeness (QED) is 0.245. The molecule has 1 aliphatic heterocycles. The van der Waals surface area contributed by atoms with Gasteiger partial charge in [0.2, 0.25) is 0 Å². The second-order valence-corrected chi connectivity index (χ2v) is 8.46. The Hall–Kier alpha value is -4.39. The maximum Gasteiger partial charge on any atom is 0.356 e. The van der Waals surface area contributed by atoms with E-state index in [1.54, 1.807) is 12.3 Å². The summed E-state index contributed by atoms with van der Waals surface area (Å²) in [6, 6.07) is 21.1. The molecule has 2 aliphatic rings. The number of amidine groups is 1. The van der Waals surface area contributed by atoms with E-state index < -0.39 is 12.0 Å². The number of fused-ring (bicyclic) bond motifs is 3. The molecule has 0 saturated heterocycles. The largest absolute Gasteiger partial charge is 0.464 e. The number of rotatable bonds is 5. The van der Waals surface area contributed by atoms with Gasteiger partial charge in [0, 0.05) is 18.3 Å². The molecule has 7 heteroatoms. The molecule has 1 unspecified atom stereocenters. The Bertz CT molecular complexity index is 1360. The fourth-order valence-corrected chi connectivity index (χ4v) is 4.70. The Morgan fingerprint density at radius 2 is 1.88 bits per heavy atom. The molecule has 7 nitrogen and oxygen atoms in total. The van der Waals surface area contributed by atoms with Crippen molar-refractivity contribution in [2.24, 2.45) is 5.73 Å². The van der Waals surface area contributed by atoms with Crippen molar-refractivity contribution in [3.8, 4) is 11.1 Å². The van der Waals surface area contributed by atoms with E-state index in [9.17, 15) is 9.59 Å². The van der Waals surface area contributed by atoms with Gasteiger partial charge in [-0.3, -0.25) is 10.2 Å². The highest BCUT2D eigenvalue weighted by molar-refractivity contribution is 5.97. The number of hydrogen-bond acceptors (Lipinski definition) is 5. The van der Waals surface area contributed by atoms with Gasteiger partial charge in [-0.05, 0) is 45.9 Å². The van der Waals surface area contributed by atoms with Crippen LogP contribution in [0.4, 0.5) is 0 Å². The minimum absolute atomic E-state index is 0.0289. The van der Waals surface area contributed by atoms with Gasteiger partial charge >= 0.3 is 5.97 Å². The van der Waals surface area contributed by atoms with Crippen molar-refractivity contribution < 1.29 is 14.3 Å². The SMILES string of the molecule is COC(=O)C1=CN(Cc2cccc(C(=N)N)c2)C(c2ccc3c(c2)Cc2ccccc2-3)C(=O)N1. The molecule has 0 saturated carbocycles. The van der Waals surface area contributed by atoms with E-state index in [4.69, 9.17) is 15.9 Å². The molecule has 0 radical (unpaired) electrons. The van der Waals surface area contributed by atoms with Crippen LogP contribution in [-0.2, 0) is 27.3 Å². The minimum atomic E-state index is -0.636. The molecule has 3 aromatic rings. The van der Waals surface area contributed by atoms with Gasteiger partial charge in [0.1, 0.15) is 17.6 Å². The van der Waals surface area contributed by atoms with Gasteiger partial charge in [0.25, 0.3) is 5.91 Å². The van der Waals surface area contributed by atoms with E-state index in [0.29, 0.717) is 12.1 Å². The molecule has 0 aromatic heterocycles. The molecule has 34 heavy (non-hydrogen) atoms. The van der Waals surface area contributed by atoms with Crippen molar-refractivity contribution in [3.05, 3.63) is 106 Å². The smallest absolute Gasteiger partial charge is 0.356 e. The first kappa shape index (κ1) is 21.5. The average Bonchev–Trinajstić information content (AvgIpc) is 3.21. The van der Waals surface area contributed by atoms with Crippen LogP contribution in [0.15, 0.2) is 78.6 Å². The van der Waals surface area contributed by atoms with Crippen LogP contribution in [0.2, 0.25) is 0 Å². The first-order valence-electron chi connectivity index (χ1n) is 11.0. The van der Waals surface area contributed by atoms with Crippen molar-refractivity contribution in [2.45, 2.75) is 19.0 Å². The topological polar surface area (TPSA) is 109 Å². The molecule has 0 spiro atoms. The lowest BCUT2D eigenvalue weighted by atomic mass is 9.96. The van der Waals surface area contributed by atoms with Crippen LogP contribution in [0.5, 0.6) is 0 Å². The summed E-state index contributed by atoms with van der Waals surface area (Å²) in [4.78, 5) is 27.3. The highest BCUT2D eigenvalue weighted by Crippen LogP contribution is 2.39.